The van der Waals surface area contributed by atoms with Crippen LogP contribution in [-0.2, 0) is 13.0 Å². The molecule has 31 heavy (non-hydrogen) atoms. The van der Waals surface area contributed by atoms with Crippen molar-refractivity contribution < 1.29 is 0 Å². The second-order valence-corrected chi connectivity index (χ2v) is 7.76. The lowest BCUT2D eigenvalue weighted by Crippen LogP contribution is -2.02. The number of aryl methyl sites for hydroxylation is 2. The number of rotatable bonds is 5. The quantitative estimate of drug-likeness (QED) is 0.457. The van der Waals surface area contributed by atoms with Gasteiger partial charge in [0.25, 0.3) is 0 Å². The van der Waals surface area contributed by atoms with Crippen LogP contribution in [0.2, 0.25) is 0 Å². The molecule has 0 amide bonds. The monoisotopic (exact) mass is 417 g/mol. The molecule has 1 aromatic carbocycles. The maximum Gasteiger partial charge on any atom is 0.126 e. The molecule has 0 saturated heterocycles. The van der Waals surface area contributed by atoms with Crippen molar-refractivity contribution in [3.8, 4) is 11.3 Å². The number of nitrogens with zero attached hydrogens (tertiary/aromatic N) is 2. The summed E-state index contributed by atoms with van der Waals surface area (Å²) in [4.78, 5) is 8.96. The Labute approximate surface area is 189 Å². The van der Waals surface area contributed by atoms with Gasteiger partial charge in [0.15, 0.2) is 0 Å². The zero-order valence-electron chi connectivity index (χ0n) is 19.8. The van der Waals surface area contributed by atoms with Crippen LogP contribution in [0.3, 0.4) is 0 Å². The van der Waals surface area contributed by atoms with Gasteiger partial charge < -0.3 is 5.32 Å². The molecule has 3 heteroatoms. The molecule has 0 unspecified atom stereocenters. The fourth-order valence-corrected chi connectivity index (χ4v) is 3.72. The Balaban J connectivity index is 0.000000363. The van der Waals surface area contributed by atoms with Gasteiger partial charge in [-0.05, 0) is 42.7 Å². The first kappa shape index (κ1) is 24.6. The van der Waals surface area contributed by atoms with E-state index in [1.807, 2.05) is 50.5 Å². The number of anilines is 1. The Morgan fingerprint density at radius 3 is 2.19 bits per heavy atom. The molecule has 0 aliphatic heterocycles. The van der Waals surface area contributed by atoms with Crippen LogP contribution in [0, 0.1) is 6.92 Å². The van der Waals surface area contributed by atoms with Crippen LogP contribution >= 0.6 is 0 Å². The SMILES string of the molecule is C1CCCCC1.CC.CCc1cnccc1-c1cccc(NCc2cccc(C)c2)n1. The molecule has 4 rings (SSSR count). The third-order valence-corrected chi connectivity index (χ3v) is 5.37. The normalized spacial score (nSPS) is 12.6. The molecular weight excluding hydrogens is 378 g/mol. The van der Waals surface area contributed by atoms with E-state index in [0.29, 0.717) is 0 Å². The molecule has 0 atom stereocenters. The Kier molecular flexibility index (Phi) is 11.4. The minimum absolute atomic E-state index is 0.773. The fraction of sp³-hybridized carbons (Fsp3) is 0.429. The van der Waals surface area contributed by atoms with E-state index in [4.69, 9.17) is 4.98 Å². The highest BCUT2D eigenvalue weighted by Gasteiger charge is 2.06. The largest absolute Gasteiger partial charge is 0.366 e. The summed E-state index contributed by atoms with van der Waals surface area (Å²) in [6.07, 6.45) is 13.7. The molecule has 1 aliphatic carbocycles. The molecule has 0 radical (unpaired) electrons. The van der Waals surface area contributed by atoms with Crippen LogP contribution < -0.4 is 5.32 Å². The van der Waals surface area contributed by atoms with E-state index in [0.717, 1.165) is 30.0 Å². The molecule has 0 bridgehead atoms. The van der Waals surface area contributed by atoms with Gasteiger partial charge >= 0.3 is 0 Å². The van der Waals surface area contributed by atoms with E-state index in [2.05, 4.69) is 48.4 Å². The van der Waals surface area contributed by atoms with E-state index in [9.17, 15) is 0 Å². The van der Waals surface area contributed by atoms with Gasteiger partial charge in [-0.2, -0.15) is 0 Å². The fourth-order valence-electron chi connectivity index (χ4n) is 3.72. The average molecular weight is 418 g/mol. The van der Waals surface area contributed by atoms with Crippen molar-refractivity contribution >= 4 is 5.82 Å². The minimum Gasteiger partial charge on any atom is -0.366 e. The zero-order chi connectivity index (χ0) is 22.3. The number of nitrogens with one attached hydrogen (secondary N) is 1. The van der Waals surface area contributed by atoms with Gasteiger partial charge in [-0.1, -0.05) is 95.2 Å². The standard InChI is InChI=1S/C20H21N3.C6H12.C2H6/c1-3-17-14-21-11-10-18(17)19-8-5-9-20(23-19)22-13-16-7-4-6-15(2)12-16;1-2-4-6-5-3-1;1-2/h4-12,14H,3,13H2,1-2H3,(H,22,23);1-6H2;1-2H3. The van der Waals surface area contributed by atoms with E-state index >= 15 is 0 Å². The van der Waals surface area contributed by atoms with Crippen LogP contribution in [0.25, 0.3) is 11.3 Å². The molecule has 1 aliphatic rings. The lowest BCUT2D eigenvalue weighted by molar-refractivity contribution is 0.504. The lowest BCUT2D eigenvalue weighted by atomic mass is 10.0. The van der Waals surface area contributed by atoms with Gasteiger partial charge in [-0.15, -0.1) is 0 Å². The minimum atomic E-state index is 0.773. The van der Waals surface area contributed by atoms with Gasteiger partial charge in [0.05, 0.1) is 5.69 Å². The van der Waals surface area contributed by atoms with E-state index < -0.39 is 0 Å². The van der Waals surface area contributed by atoms with Crippen LogP contribution in [-0.4, -0.2) is 9.97 Å². The summed E-state index contributed by atoms with van der Waals surface area (Å²) < 4.78 is 0. The molecule has 1 fully saturated rings. The third kappa shape index (κ3) is 8.53. The second-order valence-electron chi connectivity index (χ2n) is 7.76. The number of hydrogen-bond donors (Lipinski definition) is 1. The summed E-state index contributed by atoms with van der Waals surface area (Å²) in [6, 6.07) is 16.6. The summed E-state index contributed by atoms with van der Waals surface area (Å²) in [5, 5.41) is 3.41. The van der Waals surface area contributed by atoms with E-state index in [1.54, 1.807) is 0 Å². The summed E-state index contributed by atoms with van der Waals surface area (Å²) >= 11 is 0. The molecule has 3 nitrogen and oxygen atoms in total. The molecule has 3 aromatic rings. The molecule has 0 spiro atoms. The van der Waals surface area contributed by atoms with Crippen molar-refractivity contribution in [1.29, 1.82) is 0 Å². The summed E-state index contributed by atoms with van der Waals surface area (Å²) in [6.45, 7) is 9.02. The highest BCUT2D eigenvalue weighted by atomic mass is 15.0. The summed E-state index contributed by atoms with van der Waals surface area (Å²) in [7, 11) is 0. The second kappa shape index (κ2) is 14.3. The van der Waals surface area contributed by atoms with Crippen LogP contribution in [0.5, 0.6) is 0 Å². The average Bonchev–Trinajstić information content (AvgIpc) is 2.86. The molecule has 2 heterocycles. The van der Waals surface area contributed by atoms with E-state index in [-0.39, 0.29) is 0 Å². The number of pyridine rings is 2. The number of benzene rings is 1. The number of aromatic nitrogens is 2. The molecular formula is C28H39N3. The molecule has 166 valence electrons. The molecule has 1 N–H and O–H groups in total. The maximum atomic E-state index is 4.75. The summed E-state index contributed by atoms with van der Waals surface area (Å²) in [5.41, 5.74) is 5.89. The Hall–Kier alpha value is -2.68. The van der Waals surface area contributed by atoms with Crippen molar-refractivity contribution in [3.05, 3.63) is 77.6 Å². The van der Waals surface area contributed by atoms with Crippen LogP contribution in [0.4, 0.5) is 5.82 Å². The maximum absolute atomic E-state index is 4.75. The van der Waals surface area contributed by atoms with Gasteiger partial charge in [-0.3, -0.25) is 4.98 Å². The first-order chi connectivity index (χ1) is 15.3. The Bertz CT molecular complexity index is 873. The van der Waals surface area contributed by atoms with Gasteiger partial charge in [0.2, 0.25) is 0 Å². The first-order valence-electron chi connectivity index (χ1n) is 12.0. The smallest absolute Gasteiger partial charge is 0.126 e. The summed E-state index contributed by atoms with van der Waals surface area (Å²) in [5.74, 6) is 0.892. The predicted octanol–water partition coefficient (Wildman–Crippen LogP) is 7.99. The van der Waals surface area contributed by atoms with Crippen LogP contribution in [0.15, 0.2) is 60.9 Å². The van der Waals surface area contributed by atoms with Gasteiger partial charge in [0.1, 0.15) is 5.82 Å². The van der Waals surface area contributed by atoms with Crippen molar-refractivity contribution in [2.45, 2.75) is 79.2 Å². The highest BCUT2D eigenvalue weighted by Crippen LogP contribution is 2.23. The van der Waals surface area contributed by atoms with Crippen molar-refractivity contribution in [3.63, 3.8) is 0 Å². The topological polar surface area (TPSA) is 37.8 Å². The zero-order valence-corrected chi connectivity index (χ0v) is 19.8. The van der Waals surface area contributed by atoms with Crippen LogP contribution in [0.1, 0.15) is 76.0 Å². The Morgan fingerprint density at radius 2 is 1.55 bits per heavy atom. The number of hydrogen-bond acceptors (Lipinski definition) is 3. The van der Waals surface area contributed by atoms with Gasteiger partial charge in [-0.25, -0.2) is 4.98 Å². The van der Waals surface area contributed by atoms with Gasteiger partial charge in [0, 0.05) is 24.5 Å². The van der Waals surface area contributed by atoms with Crippen molar-refractivity contribution in [1.82, 2.24) is 9.97 Å². The van der Waals surface area contributed by atoms with Crippen molar-refractivity contribution in [2.75, 3.05) is 5.32 Å². The highest BCUT2D eigenvalue weighted by molar-refractivity contribution is 5.64. The predicted molar refractivity (Wildman–Crippen MR) is 134 cm³/mol. The Morgan fingerprint density at radius 1 is 0.871 bits per heavy atom. The third-order valence-electron chi connectivity index (χ3n) is 5.37. The van der Waals surface area contributed by atoms with E-state index in [1.165, 1.54) is 55.2 Å². The first-order valence-corrected chi connectivity index (χ1v) is 12.0. The van der Waals surface area contributed by atoms with Crippen molar-refractivity contribution in [2.24, 2.45) is 0 Å². The molecule has 2 aromatic heterocycles. The molecule has 1 saturated carbocycles. The lowest BCUT2D eigenvalue weighted by Gasteiger charge is -2.10.